The van der Waals surface area contributed by atoms with Gasteiger partial charge in [-0.1, -0.05) is 6.07 Å². The Labute approximate surface area is 203 Å². The van der Waals surface area contributed by atoms with Gasteiger partial charge < -0.3 is 10.6 Å². The van der Waals surface area contributed by atoms with E-state index in [1.807, 2.05) is 6.92 Å². The molecule has 0 unspecified atom stereocenters. The Hall–Kier alpha value is -4.67. The van der Waals surface area contributed by atoms with Gasteiger partial charge in [-0.05, 0) is 48.9 Å². The number of carbonyl (C=O) groups is 2. The molecule has 0 saturated carbocycles. The van der Waals surface area contributed by atoms with Crippen LogP contribution in [0, 0.1) is 6.92 Å². The van der Waals surface area contributed by atoms with E-state index in [-0.39, 0.29) is 17.3 Å². The fraction of sp³-hybridized carbons (Fsp3) is 0.120. The number of benzene rings is 1. The third-order valence-electron chi connectivity index (χ3n) is 5.24. The summed E-state index contributed by atoms with van der Waals surface area (Å²) in [4.78, 5) is 41.2. The highest BCUT2D eigenvalue weighted by Gasteiger charge is 2.31. The van der Waals surface area contributed by atoms with Gasteiger partial charge in [-0.2, -0.15) is 13.2 Å². The molecule has 0 aliphatic rings. The van der Waals surface area contributed by atoms with Crippen molar-refractivity contribution in [2.24, 2.45) is 0 Å². The second-order valence-electron chi connectivity index (χ2n) is 7.71. The fourth-order valence-corrected chi connectivity index (χ4v) is 3.38. The molecule has 1 aromatic carbocycles. The van der Waals surface area contributed by atoms with Crippen LogP contribution in [0.5, 0.6) is 0 Å². The van der Waals surface area contributed by atoms with Gasteiger partial charge in [0.2, 0.25) is 0 Å². The van der Waals surface area contributed by atoms with Crippen molar-refractivity contribution in [1.29, 1.82) is 0 Å². The van der Waals surface area contributed by atoms with Crippen LogP contribution in [0.3, 0.4) is 0 Å². The lowest BCUT2D eigenvalue weighted by molar-refractivity contribution is -0.137. The number of alkyl halides is 3. The smallest absolute Gasteiger partial charge is 0.354 e. The Morgan fingerprint density at radius 3 is 2.28 bits per heavy atom. The van der Waals surface area contributed by atoms with Crippen molar-refractivity contribution in [1.82, 2.24) is 25.3 Å². The highest BCUT2D eigenvalue weighted by Crippen LogP contribution is 2.30. The molecule has 8 nitrogen and oxygen atoms in total. The molecule has 3 heterocycles. The number of hydrogen-bond acceptors (Lipinski definition) is 6. The third-order valence-corrected chi connectivity index (χ3v) is 5.24. The molecule has 2 amide bonds. The molecule has 182 valence electrons. The van der Waals surface area contributed by atoms with Gasteiger partial charge in [-0.15, -0.1) is 0 Å². The first kappa shape index (κ1) is 24.5. The summed E-state index contributed by atoms with van der Waals surface area (Å²) >= 11 is 0. The number of nitrogens with one attached hydrogen (secondary N) is 2. The van der Waals surface area contributed by atoms with Gasteiger partial charge in [0.1, 0.15) is 11.4 Å². The topological polar surface area (TPSA) is 110 Å². The van der Waals surface area contributed by atoms with Crippen LogP contribution in [0.4, 0.5) is 18.9 Å². The molecule has 0 saturated heterocycles. The molecule has 2 N–H and O–H groups in total. The maximum atomic E-state index is 13.0. The van der Waals surface area contributed by atoms with E-state index in [1.165, 1.54) is 13.2 Å². The van der Waals surface area contributed by atoms with E-state index in [2.05, 4.69) is 30.6 Å². The number of pyridine rings is 2. The SMILES string of the molecule is CNC(=O)c1cc(-c2cncc(-c3cc(NC(=O)c4cc(C(F)(F)F)ccn4)ccc3C)n2)ccn1. The monoisotopic (exact) mass is 492 g/mol. The molecule has 0 fully saturated rings. The van der Waals surface area contributed by atoms with Crippen LogP contribution >= 0.6 is 0 Å². The van der Waals surface area contributed by atoms with Crippen LogP contribution in [0.25, 0.3) is 22.5 Å². The minimum Gasteiger partial charge on any atom is -0.354 e. The first-order valence-corrected chi connectivity index (χ1v) is 10.6. The third kappa shape index (κ3) is 5.35. The quantitative estimate of drug-likeness (QED) is 0.423. The van der Waals surface area contributed by atoms with Crippen LogP contribution in [-0.4, -0.2) is 38.8 Å². The van der Waals surface area contributed by atoms with Crippen molar-refractivity contribution < 1.29 is 22.8 Å². The van der Waals surface area contributed by atoms with Gasteiger partial charge in [0.15, 0.2) is 0 Å². The maximum absolute atomic E-state index is 13.0. The van der Waals surface area contributed by atoms with Crippen molar-refractivity contribution >= 4 is 17.5 Å². The summed E-state index contributed by atoms with van der Waals surface area (Å²) < 4.78 is 38.9. The molecule has 0 radical (unpaired) electrons. The number of anilines is 1. The molecule has 0 aliphatic carbocycles. The molecular weight excluding hydrogens is 473 g/mol. The molecule has 0 bridgehead atoms. The predicted octanol–water partition coefficient (Wildman–Crippen LogP) is 4.54. The van der Waals surface area contributed by atoms with Crippen LogP contribution in [0.15, 0.2) is 67.3 Å². The zero-order chi connectivity index (χ0) is 25.9. The summed E-state index contributed by atoms with van der Waals surface area (Å²) in [7, 11) is 1.51. The van der Waals surface area contributed by atoms with Gasteiger partial charge in [0.25, 0.3) is 11.8 Å². The van der Waals surface area contributed by atoms with Crippen LogP contribution in [0.1, 0.15) is 32.1 Å². The van der Waals surface area contributed by atoms with E-state index in [0.717, 1.165) is 17.8 Å². The number of hydrogen-bond donors (Lipinski definition) is 2. The number of aryl methyl sites for hydroxylation is 1. The summed E-state index contributed by atoms with van der Waals surface area (Å²) in [5.41, 5.74) is 2.36. The first-order chi connectivity index (χ1) is 17.2. The Kier molecular flexibility index (Phi) is 6.73. The van der Waals surface area contributed by atoms with Gasteiger partial charge in [0, 0.05) is 36.3 Å². The Balaban J connectivity index is 1.63. The molecule has 11 heteroatoms. The fourth-order valence-electron chi connectivity index (χ4n) is 3.38. The van der Waals surface area contributed by atoms with Crippen molar-refractivity contribution in [3.63, 3.8) is 0 Å². The molecule has 4 aromatic rings. The molecule has 0 spiro atoms. The lowest BCUT2D eigenvalue weighted by Crippen LogP contribution is -2.19. The molecule has 36 heavy (non-hydrogen) atoms. The van der Waals surface area contributed by atoms with Crippen LogP contribution in [-0.2, 0) is 6.18 Å². The van der Waals surface area contributed by atoms with E-state index < -0.39 is 17.6 Å². The number of amides is 2. The maximum Gasteiger partial charge on any atom is 0.416 e. The standard InChI is InChI=1S/C25H19F3N6O2/c1-14-3-4-17(33-24(36)20-10-16(6-8-32-20)25(26,27)28)11-18(14)22-13-30-12-21(34-22)15-5-7-31-19(9-15)23(35)29-2/h3-13H,1-2H3,(H,29,35)(H,33,36). The molecule has 4 rings (SSSR count). The highest BCUT2D eigenvalue weighted by molar-refractivity contribution is 6.03. The number of halogens is 3. The number of carbonyl (C=O) groups excluding carboxylic acids is 2. The highest BCUT2D eigenvalue weighted by atomic mass is 19.4. The summed E-state index contributed by atoms with van der Waals surface area (Å²) in [6.07, 6.45) is 0.944. The Morgan fingerprint density at radius 2 is 1.56 bits per heavy atom. The first-order valence-electron chi connectivity index (χ1n) is 10.6. The minimum absolute atomic E-state index is 0.228. The van der Waals surface area contributed by atoms with E-state index in [0.29, 0.717) is 34.3 Å². The zero-order valence-corrected chi connectivity index (χ0v) is 19.1. The van der Waals surface area contributed by atoms with Gasteiger partial charge >= 0.3 is 6.18 Å². The van der Waals surface area contributed by atoms with E-state index in [4.69, 9.17) is 0 Å². The zero-order valence-electron chi connectivity index (χ0n) is 19.1. The summed E-state index contributed by atoms with van der Waals surface area (Å²) in [5, 5.41) is 5.09. The second kappa shape index (κ2) is 9.90. The van der Waals surface area contributed by atoms with Crippen molar-refractivity contribution in [2.45, 2.75) is 13.1 Å². The Morgan fingerprint density at radius 1 is 0.861 bits per heavy atom. The lowest BCUT2D eigenvalue weighted by Gasteiger charge is -2.12. The van der Waals surface area contributed by atoms with Gasteiger partial charge in [-0.3, -0.25) is 24.5 Å². The summed E-state index contributed by atoms with van der Waals surface area (Å²) in [6, 6.07) is 9.81. The summed E-state index contributed by atoms with van der Waals surface area (Å²) in [6.45, 7) is 1.85. The number of aromatic nitrogens is 4. The number of nitrogens with zero attached hydrogens (tertiary/aromatic N) is 4. The van der Waals surface area contributed by atoms with Gasteiger partial charge in [-0.25, -0.2) is 4.98 Å². The number of rotatable bonds is 5. The van der Waals surface area contributed by atoms with Crippen molar-refractivity contribution in [3.8, 4) is 22.5 Å². The molecule has 3 aromatic heterocycles. The Bertz CT molecular complexity index is 1460. The van der Waals surface area contributed by atoms with Crippen LogP contribution < -0.4 is 10.6 Å². The van der Waals surface area contributed by atoms with Crippen molar-refractivity contribution in [3.05, 3.63) is 89.8 Å². The molecule has 0 atom stereocenters. The normalized spacial score (nSPS) is 11.1. The second-order valence-corrected chi connectivity index (χ2v) is 7.71. The average molecular weight is 492 g/mol. The van der Waals surface area contributed by atoms with Crippen LogP contribution in [0.2, 0.25) is 0 Å². The minimum atomic E-state index is -4.59. The molecule has 0 aliphatic heterocycles. The van der Waals surface area contributed by atoms with Gasteiger partial charge in [0.05, 0.1) is 29.3 Å². The van der Waals surface area contributed by atoms with Crippen molar-refractivity contribution in [2.75, 3.05) is 12.4 Å². The lowest BCUT2D eigenvalue weighted by atomic mass is 10.0. The predicted molar refractivity (Wildman–Crippen MR) is 126 cm³/mol. The van der Waals surface area contributed by atoms with E-state index in [9.17, 15) is 22.8 Å². The van der Waals surface area contributed by atoms with E-state index >= 15 is 0 Å². The largest absolute Gasteiger partial charge is 0.416 e. The molecular formula is C25H19F3N6O2. The summed E-state index contributed by atoms with van der Waals surface area (Å²) in [5.74, 6) is -1.12. The average Bonchev–Trinajstić information content (AvgIpc) is 2.89. The van der Waals surface area contributed by atoms with E-state index in [1.54, 1.807) is 42.7 Å².